The molecule has 3 rings (SSSR count). The highest BCUT2D eigenvalue weighted by Gasteiger charge is 2.34. The molecule has 124 valence electrons. The van der Waals surface area contributed by atoms with Crippen LogP contribution in [0.5, 0.6) is 11.5 Å². The van der Waals surface area contributed by atoms with Crippen molar-refractivity contribution >= 4 is 22.6 Å². The summed E-state index contributed by atoms with van der Waals surface area (Å²) in [6.07, 6.45) is 9.06. The molecule has 0 atom stereocenters. The molecule has 0 bridgehead atoms. The Morgan fingerprint density at radius 3 is 1.67 bits per heavy atom. The first-order valence-electron chi connectivity index (χ1n) is 8.03. The fourth-order valence-electron chi connectivity index (χ4n) is 3.01. The molecule has 0 aliphatic heterocycles. The molecule has 0 radical (unpaired) electrons. The maximum atomic E-state index is 5.32. The van der Waals surface area contributed by atoms with E-state index in [1.54, 1.807) is 14.2 Å². The third kappa shape index (κ3) is 3.22. The van der Waals surface area contributed by atoms with Gasteiger partial charge in [0.05, 0.1) is 17.6 Å². The summed E-state index contributed by atoms with van der Waals surface area (Å²) in [5.74, 6) is 1.75. The summed E-state index contributed by atoms with van der Waals surface area (Å²) in [7, 11) is 3.39. The number of benzene rings is 2. The minimum atomic E-state index is -0.229. The molecule has 24 heavy (non-hydrogen) atoms. The van der Waals surface area contributed by atoms with Gasteiger partial charge < -0.3 is 9.47 Å². The molecular formula is C21H21IO2. The Morgan fingerprint density at radius 2 is 1.29 bits per heavy atom. The molecule has 1 aliphatic rings. The predicted molar refractivity (Wildman–Crippen MR) is 107 cm³/mol. The second-order valence-electron chi connectivity index (χ2n) is 5.75. The summed E-state index contributed by atoms with van der Waals surface area (Å²) in [6, 6.07) is 16.7. The minimum absolute atomic E-state index is 0.229. The van der Waals surface area contributed by atoms with E-state index in [2.05, 4.69) is 65.1 Å². The number of ether oxygens (including phenoxy) is 2. The van der Waals surface area contributed by atoms with E-state index in [-0.39, 0.29) is 3.42 Å². The van der Waals surface area contributed by atoms with Crippen LogP contribution in [0.2, 0.25) is 0 Å². The van der Waals surface area contributed by atoms with Gasteiger partial charge in [-0.15, -0.1) is 0 Å². The summed E-state index contributed by atoms with van der Waals surface area (Å²) < 4.78 is 10.4. The lowest BCUT2D eigenvalue weighted by atomic mass is 9.82. The van der Waals surface area contributed by atoms with E-state index in [1.165, 1.54) is 16.7 Å². The molecule has 0 spiro atoms. The molecular weight excluding hydrogens is 411 g/mol. The van der Waals surface area contributed by atoms with Crippen LogP contribution in [0.25, 0.3) is 0 Å². The Labute approximate surface area is 157 Å². The van der Waals surface area contributed by atoms with Gasteiger partial charge in [-0.2, -0.15) is 0 Å². The number of hydrogen-bond acceptors (Lipinski definition) is 2. The van der Waals surface area contributed by atoms with Crippen molar-refractivity contribution in [3.8, 4) is 11.5 Å². The Hall–Kier alpha value is -1.75. The van der Waals surface area contributed by atoms with E-state index >= 15 is 0 Å². The van der Waals surface area contributed by atoms with Crippen LogP contribution >= 0.6 is 22.6 Å². The van der Waals surface area contributed by atoms with Crippen molar-refractivity contribution in [2.45, 2.75) is 16.3 Å². The SMILES string of the molecule is COc1ccc(C(I)(C2=CCCC=C2)c2ccc(OC)cc2)cc1. The Balaban J connectivity index is 2.11. The zero-order valence-electron chi connectivity index (χ0n) is 14.0. The normalized spacial score (nSPS) is 14.2. The fraction of sp³-hybridized carbons (Fsp3) is 0.238. The number of halogens is 1. The number of rotatable bonds is 5. The fourth-order valence-corrected chi connectivity index (χ4v) is 4.13. The molecule has 0 heterocycles. The molecule has 0 aromatic heterocycles. The lowest BCUT2D eigenvalue weighted by Gasteiger charge is -2.32. The van der Waals surface area contributed by atoms with Crippen LogP contribution in [0.15, 0.2) is 72.3 Å². The van der Waals surface area contributed by atoms with Crippen molar-refractivity contribution in [1.82, 2.24) is 0 Å². The highest BCUT2D eigenvalue weighted by atomic mass is 127. The lowest BCUT2D eigenvalue weighted by Crippen LogP contribution is -2.22. The van der Waals surface area contributed by atoms with Crippen molar-refractivity contribution in [2.24, 2.45) is 0 Å². The highest BCUT2D eigenvalue weighted by molar-refractivity contribution is 14.1. The number of methoxy groups -OCH3 is 2. The Bertz CT molecular complexity index is 695. The van der Waals surface area contributed by atoms with E-state index in [1.807, 2.05) is 24.3 Å². The van der Waals surface area contributed by atoms with Crippen molar-refractivity contribution in [1.29, 1.82) is 0 Å². The number of alkyl halides is 1. The Morgan fingerprint density at radius 1 is 0.792 bits per heavy atom. The largest absolute Gasteiger partial charge is 0.497 e. The lowest BCUT2D eigenvalue weighted by molar-refractivity contribution is 0.414. The van der Waals surface area contributed by atoms with Crippen LogP contribution in [-0.4, -0.2) is 14.2 Å². The van der Waals surface area contributed by atoms with Gasteiger partial charge in [0.2, 0.25) is 0 Å². The molecule has 0 unspecified atom stereocenters. The number of allylic oxidation sites excluding steroid dienone is 4. The quantitative estimate of drug-likeness (QED) is 0.449. The van der Waals surface area contributed by atoms with Crippen molar-refractivity contribution in [2.75, 3.05) is 14.2 Å². The van der Waals surface area contributed by atoms with Gasteiger partial charge in [-0.05, 0) is 53.8 Å². The monoisotopic (exact) mass is 432 g/mol. The third-order valence-corrected chi connectivity index (χ3v) is 6.24. The summed E-state index contributed by atoms with van der Waals surface area (Å²) >= 11 is 2.57. The second kappa shape index (κ2) is 7.43. The van der Waals surface area contributed by atoms with Crippen LogP contribution in [0.3, 0.4) is 0 Å². The zero-order valence-corrected chi connectivity index (χ0v) is 16.1. The molecule has 0 amide bonds. The highest BCUT2D eigenvalue weighted by Crippen LogP contribution is 2.47. The van der Waals surface area contributed by atoms with Crippen molar-refractivity contribution < 1.29 is 9.47 Å². The standard InChI is InChI=1S/C21H21IO2/c1-23-19-12-8-17(9-13-19)21(22,16-6-4-3-5-7-16)18-10-14-20(24-2)15-11-18/h4,6-15H,3,5H2,1-2H3. The molecule has 1 aliphatic carbocycles. The number of hydrogen-bond donors (Lipinski definition) is 0. The molecule has 0 fully saturated rings. The Kier molecular flexibility index (Phi) is 5.29. The molecule has 2 aromatic carbocycles. The van der Waals surface area contributed by atoms with Gasteiger partial charge in [0.25, 0.3) is 0 Å². The van der Waals surface area contributed by atoms with Gasteiger partial charge in [0, 0.05) is 0 Å². The molecule has 0 saturated carbocycles. The van der Waals surface area contributed by atoms with Gasteiger partial charge in [-0.3, -0.25) is 0 Å². The van der Waals surface area contributed by atoms with Crippen LogP contribution in [0.4, 0.5) is 0 Å². The van der Waals surface area contributed by atoms with E-state index < -0.39 is 0 Å². The summed E-state index contributed by atoms with van der Waals surface area (Å²) in [5.41, 5.74) is 3.81. The first-order valence-corrected chi connectivity index (χ1v) is 9.11. The summed E-state index contributed by atoms with van der Waals surface area (Å²) in [6.45, 7) is 0. The predicted octanol–water partition coefficient (Wildman–Crippen LogP) is 5.66. The average molecular weight is 432 g/mol. The second-order valence-corrected chi connectivity index (χ2v) is 7.37. The van der Waals surface area contributed by atoms with Gasteiger partial charge >= 0.3 is 0 Å². The average Bonchev–Trinajstić information content (AvgIpc) is 2.68. The third-order valence-electron chi connectivity index (χ3n) is 4.37. The van der Waals surface area contributed by atoms with Crippen molar-refractivity contribution in [3.63, 3.8) is 0 Å². The molecule has 0 N–H and O–H groups in total. The van der Waals surface area contributed by atoms with Crippen LogP contribution in [-0.2, 0) is 3.42 Å². The maximum Gasteiger partial charge on any atom is 0.118 e. The maximum absolute atomic E-state index is 5.32. The molecule has 2 nitrogen and oxygen atoms in total. The molecule has 3 heteroatoms. The van der Waals surface area contributed by atoms with Crippen LogP contribution < -0.4 is 9.47 Å². The molecule has 0 saturated heterocycles. The van der Waals surface area contributed by atoms with Crippen LogP contribution in [0.1, 0.15) is 24.0 Å². The van der Waals surface area contributed by atoms with Gasteiger partial charge in [0.15, 0.2) is 0 Å². The van der Waals surface area contributed by atoms with E-state index in [4.69, 9.17) is 9.47 Å². The molecule has 2 aromatic rings. The van der Waals surface area contributed by atoms with E-state index in [9.17, 15) is 0 Å². The van der Waals surface area contributed by atoms with Crippen LogP contribution in [0, 0.1) is 0 Å². The van der Waals surface area contributed by atoms with Gasteiger partial charge in [-0.1, -0.05) is 65.1 Å². The smallest absolute Gasteiger partial charge is 0.118 e. The van der Waals surface area contributed by atoms with Gasteiger partial charge in [-0.25, -0.2) is 0 Å². The summed E-state index contributed by atoms with van der Waals surface area (Å²) in [5, 5.41) is 0. The topological polar surface area (TPSA) is 18.5 Å². The van der Waals surface area contributed by atoms with Gasteiger partial charge in [0.1, 0.15) is 11.5 Å². The minimum Gasteiger partial charge on any atom is -0.497 e. The zero-order chi connectivity index (χ0) is 17.0. The first kappa shape index (κ1) is 17.1. The van der Waals surface area contributed by atoms with E-state index in [0.717, 1.165) is 24.3 Å². The first-order chi connectivity index (χ1) is 11.7. The van der Waals surface area contributed by atoms with Crippen molar-refractivity contribution in [3.05, 3.63) is 83.5 Å². The van der Waals surface area contributed by atoms with E-state index in [0.29, 0.717) is 0 Å². The summed E-state index contributed by atoms with van der Waals surface area (Å²) in [4.78, 5) is 0.